The van der Waals surface area contributed by atoms with Crippen LogP contribution in [0.2, 0.25) is 0 Å². The third-order valence-corrected chi connectivity index (χ3v) is 5.17. The van der Waals surface area contributed by atoms with E-state index in [0.29, 0.717) is 23.3 Å². The normalized spacial score (nSPS) is 14.1. The van der Waals surface area contributed by atoms with E-state index in [9.17, 15) is 4.79 Å². The van der Waals surface area contributed by atoms with Crippen molar-refractivity contribution in [3.05, 3.63) is 59.7 Å². The minimum Gasteiger partial charge on any atom is -0.359 e. The SMILES string of the molecule is O=C(NNC(=S)NC1CCCC1)c1ccc(Cn2nnc3ccccc32)cc1. The summed E-state index contributed by atoms with van der Waals surface area (Å²) in [5.74, 6) is -0.228. The van der Waals surface area contributed by atoms with Crippen LogP contribution < -0.4 is 16.2 Å². The molecule has 3 N–H and O–H groups in total. The number of aromatic nitrogens is 3. The maximum Gasteiger partial charge on any atom is 0.269 e. The molecule has 0 atom stereocenters. The Morgan fingerprint density at radius 1 is 1.07 bits per heavy atom. The Labute approximate surface area is 168 Å². The minimum atomic E-state index is -0.228. The standard InChI is InChI=1S/C20H22N6OS/c27-19(23-24-20(28)21-16-5-1-2-6-16)15-11-9-14(10-12-15)13-26-18-8-4-3-7-17(18)22-25-26/h3-4,7-12,16H,1-2,5-6,13H2,(H,23,27)(H2,21,24,28). The van der Waals surface area contributed by atoms with Crippen LogP contribution in [0.3, 0.4) is 0 Å². The van der Waals surface area contributed by atoms with Crippen LogP contribution in [0.1, 0.15) is 41.6 Å². The number of para-hydroxylation sites is 1. The van der Waals surface area contributed by atoms with Gasteiger partial charge < -0.3 is 5.32 Å². The Kier molecular flexibility index (Phi) is 5.48. The highest BCUT2D eigenvalue weighted by Crippen LogP contribution is 2.17. The topological polar surface area (TPSA) is 83.9 Å². The fourth-order valence-corrected chi connectivity index (χ4v) is 3.66. The first-order valence-electron chi connectivity index (χ1n) is 9.43. The molecule has 8 heteroatoms. The average Bonchev–Trinajstić information content (AvgIpc) is 3.37. The van der Waals surface area contributed by atoms with E-state index in [1.807, 2.05) is 41.1 Å². The maximum absolute atomic E-state index is 12.3. The Balaban J connectivity index is 1.32. The van der Waals surface area contributed by atoms with E-state index < -0.39 is 0 Å². The quantitative estimate of drug-likeness (QED) is 0.466. The van der Waals surface area contributed by atoms with Crippen LogP contribution in [0, 0.1) is 0 Å². The lowest BCUT2D eigenvalue weighted by molar-refractivity contribution is 0.0943. The van der Waals surface area contributed by atoms with Crippen LogP contribution in [0.5, 0.6) is 0 Å². The number of carbonyl (C=O) groups excluding carboxylic acids is 1. The van der Waals surface area contributed by atoms with Gasteiger partial charge >= 0.3 is 0 Å². The summed E-state index contributed by atoms with van der Waals surface area (Å²) in [7, 11) is 0. The van der Waals surface area contributed by atoms with Gasteiger partial charge in [0.2, 0.25) is 0 Å². The number of amides is 1. The molecule has 0 unspecified atom stereocenters. The van der Waals surface area contributed by atoms with Gasteiger partial charge in [0.15, 0.2) is 5.11 Å². The van der Waals surface area contributed by atoms with E-state index in [1.165, 1.54) is 12.8 Å². The smallest absolute Gasteiger partial charge is 0.269 e. The van der Waals surface area contributed by atoms with Gasteiger partial charge in [0, 0.05) is 11.6 Å². The number of nitrogens with zero attached hydrogens (tertiary/aromatic N) is 3. The van der Waals surface area contributed by atoms with Crippen LogP contribution in [-0.2, 0) is 6.54 Å². The molecular weight excluding hydrogens is 372 g/mol. The molecule has 0 spiro atoms. The molecule has 1 fully saturated rings. The van der Waals surface area contributed by atoms with Crippen molar-refractivity contribution in [1.82, 2.24) is 31.2 Å². The molecule has 0 aliphatic heterocycles. The molecule has 2 aromatic carbocycles. The van der Waals surface area contributed by atoms with E-state index in [2.05, 4.69) is 26.5 Å². The second-order valence-electron chi connectivity index (χ2n) is 6.97. The monoisotopic (exact) mass is 394 g/mol. The number of carbonyl (C=O) groups is 1. The molecule has 1 aliphatic carbocycles. The molecule has 3 aromatic rings. The molecule has 1 aromatic heterocycles. The van der Waals surface area contributed by atoms with Crippen molar-refractivity contribution in [1.29, 1.82) is 0 Å². The molecule has 1 saturated carbocycles. The number of hydrazine groups is 1. The predicted molar refractivity (Wildman–Crippen MR) is 112 cm³/mol. The lowest BCUT2D eigenvalue weighted by atomic mass is 10.1. The number of thiocarbonyl (C=S) groups is 1. The van der Waals surface area contributed by atoms with Gasteiger partial charge in [0.05, 0.1) is 12.1 Å². The molecule has 1 aliphatic rings. The average molecular weight is 395 g/mol. The van der Waals surface area contributed by atoms with Crippen LogP contribution in [0.15, 0.2) is 48.5 Å². The molecule has 1 amide bonds. The summed E-state index contributed by atoms with van der Waals surface area (Å²) in [6, 6.07) is 15.7. The predicted octanol–water partition coefficient (Wildman–Crippen LogP) is 2.53. The Hall–Kier alpha value is -3.00. The largest absolute Gasteiger partial charge is 0.359 e. The van der Waals surface area contributed by atoms with E-state index in [0.717, 1.165) is 29.4 Å². The van der Waals surface area contributed by atoms with Crippen molar-refractivity contribution < 1.29 is 4.79 Å². The molecule has 0 saturated heterocycles. The van der Waals surface area contributed by atoms with Crippen molar-refractivity contribution in [2.24, 2.45) is 0 Å². The van der Waals surface area contributed by atoms with E-state index in [-0.39, 0.29) is 5.91 Å². The van der Waals surface area contributed by atoms with Crippen LogP contribution in [-0.4, -0.2) is 32.1 Å². The highest BCUT2D eigenvalue weighted by atomic mass is 32.1. The fourth-order valence-electron chi connectivity index (χ4n) is 3.45. The van der Waals surface area contributed by atoms with Gasteiger partial charge in [0.1, 0.15) is 5.52 Å². The van der Waals surface area contributed by atoms with Crippen LogP contribution in [0.4, 0.5) is 0 Å². The first-order valence-corrected chi connectivity index (χ1v) is 9.84. The zero-order valence-corrected chi connectivity index (χ0v) is 16.2. The van der Waals surface area contributed by atoms with E-state index >= 15 is 0 Å². The zero-order chi connectivity index (χ0) is 19.3. The number of nitrogens with one attached hydrogen (secondary N) is 3. The van der Waals surface area contributed by atoms with Crippen molar-refractivity contribution in [3.8, 4) is 0 Å². The van der Waals surface area contributed by atoms with Gasteiger partial charge in [-0.1, -0.05) is 42.3 Å². The molecule has 144 valence electrons. The second kappa shape index (κ2) is 8.35. The third-order valence-electron chi connectivity index (χ3n) is 4.95. The van der Waals surface area contributed by atoms with Crippen molar-refractivity contribution in [2.45, 2.75) is 38.3 Å². The lowest BCUT2D eigenvalue weighted by Gasteiger charge is -2.16. The first kappa shape index (κ1) is 18.4. The summed E-state index contributed by atoms with van der Waals surface area (Å²) in [5, 5.41) is 12.0. The fraction of sp³-hybridized carbons (Fsp3) is 0.300. The van der Waals surface area contributed by atoms with E-state index in [4.69, 9.17) is 12.2 Å². The summed E-state index contributed by atoms with van der Waals surface area (Å²) in [6.45, 7) is 0.593. The minimum absolute atomic E-state index is 0.228. The highest BCUT2D eigenvalue weighted by Gasteiger charge is 2.15. The number of rotatable bonds is 4. The van der Waals surface area contributed by atoms with Gasteiger partial charge in [0.25, 0.3) is 5.91 Å². The molecule has 7 nitrogen and oxygen atoms in total. The van der Waals surface area contributed by atoms with Crippen LogP contribution in [0.25, 0.3) is 11.0 Å². The second-order valence-corrected chi connectivity index (χ2v) is 7.37. The molecule has 0 bridgehead atoms. The third kappa shape index (κ3) is 4.28. The van der Waals surface area contributed by atoms with Gasteiger partial charge in [-0.05, 0) is 54.9 Å². The summed E-state index contributed by atoms with van der Waals surface area (Å²) >= 11 is 5.23. The van der Waals surface area contributed by atoms with Crippen molar-refractivity contribution >= 4 is 34.3 Å². The molecule has 4 rings (SSSR count). The molecule has 28 heavy (non-hydrogen) atoms. The first-order chi connectivity index (χ1) is 13.7. The Bertz CT molecular complexity index is 978. The molecule has 1 heterocycles. The van der Waals surface area contributed by atoms with Crippen molar-refractivity contribution in [2.75, 3.05) is 0 Å². The molecular formula is C20H22N6OS. The number of hydrogen-bond acceptors (Lipinski definition) is 4. The summed E-state index contributed by atoms with van der Waals surface area (Å²) in [5.41, 5.74) is 8.87. The van der Waals surface area contributed by atoms with Gasteiger partial charge in [-0.15, -0.1) is 5.10 Å². The molecule has 0 radical (unpaired) electrons. The van der Waals surface area contributed by atoms with Gasteiger partial charge in [-0.25, -0.2) is 4.68 Å². The highest BCUT2D eigenvalue weighted by molar-refractivity contribution is 7.80. The number of fused-ring (bicyclic) bond motifs is 1. The lowest BCUT2D eigenvalue weighted by Crippen LogP contribution is -2.49. The van der Waals surface area contributed by atoms with E-state index in [1.54, 1.807) is 12.1 Å². The van der Waals surface area contributed by atoms with Gasteiger partial charge in [-0.3, -0.25) is 15.6 Å². The number of benzene rings is 2. The Morgan fingerprint density at radius 3 is 2.61 bits per heavy atom. The van der Waals surface area contributed by atoms with Crippen LogP contribution >= 0.6 is 12.2 Å². The summed E-state index contributed by atoms with van der Waals surface area (Å²) in [4.78, 5) is 12.3. The maximum atomic E-state index is 12.3. The summed E-state index contributed by atoms with van der Waals surface area (Å²) in [6.07, 6.45) is 4.70. The number of hydrogen-bond donors (Lipinski definition) is 3. The zero-order valence-electron chi connectivity index (χ0n) is 15.4. The van der Waals surface area contributed by atoms with Crippen molar-refractivity contribution in [3.63, 3.8) is 0 Å². The summed E-state index contributed by atoms with van der Waals surface area (Å²) < 4.78 is 1.85. The van der Waals surface area contributed by atoms with Gasteiger partial charge in [-0.2, -0.15) is 0 Å². The Morgan fingerprint density at radius 2 is 1.82 bits per heavy atom.